The Morgan fingerprint density at radius 1 is 1.17 bits per heavy atom. The number of rotatable bonds is 0. The van der Waals surface area contributed by atoms with Gasteiger partial charge in [-0.1, -0.05) is 12.2 Å². The first-order valence-corrected chi connectivity index (χ1v) is 5.88. The maximum atomic E-state index is 11.6. The van der Waals surface area contributed by atoms with Gasteiger partial charge in [0, 0.05) is 17.9 Å². The van der Waals surface area contributed by atoms with Crippen LogP contribution in [-0.4, -0.2) is 21.8 Å². The SMILES string of the molecule is O=C1C=CC2=CCC3C=C(O)C(=O)CC3C2=C1O. The van der Waals surface area contributed by atoms with Gasteiger partial charge in [-0.25, -0.2) is 0 Å². The van der Waals surface area contributed by atoms with E-state index in [1.165, 1.54) is 12.2 Å². The Hall–Kier alpha value is -2.10. The van der Waals surface area contributed by atoms with E-state index in [9.17, 15) is 19.8 Å². The molecule has 4 heteroatoms. The van der Waals surface area contributed by atoms with Crippen molar-refractivity contribution in [2.24, 2.45) is 11.8 Å². The molecule has 3 aliphatic carbocycles. The predicted octanol–water partition coefficient (Wildman–Crippen LogP) is 1.91. The Morgan fingerprint density at radius 3 is 2.72 bits per heavy atom. The summed E-state index contributed by atoms with van der Waals surface area (Å²) in [5.74, 6) is -1.45. The first-order valence-electron chi connectivity index (χ1n) is 5.88. The molecule has 0 aromatic heterocycles. The molecule has 3 aliphatic rings. The second-order valence-corrected chi connectivity index (χ2v) is 4.80. The molecule has 0 bridgehead atoms. The highest BCUT2D eigenvalue weighted by atomic mass is 16.3. The van der Waals surface area contributed by atoms with Crippen LogP contribution < -0.4 is 0 Å². The number of hydrogen-bond acceptors (Lipinski definition) is 4. The van der Waals surface area contributed by atoms with Gasteiger partial charge in [0.15, 0.2) is 17.3 Å². The van der Waals surface area contributed by atoms with Crippen molar-refractivity contribution in [1.29, 1.82) is 0 Å². The van der Waals surface area contributed by atoms with Gasteiger partial charge in [-0.15, -0.1) is 0 Å². The van der Waals surface area contributed by atoms with Crippen LogP contribution >= 0.6 is 0 Å². The topological polar surface area (TPSA) is 74.6 Å². The average molecular weight is 244 g/mol. The highest BCUT2D eigenvalue weighted by Crippen LogP contribution is 2.43. The number of fused-ring (bicyclic) bond motifs is 3. The zero-order chi connectivity index (χ0) is 12.9. The van der Waals surface area contributed by atoms with Crippen molar-refractivity contribution in [3.05, 3.63) is 47.0 Å². The minimum atomic E-state index is -0.422. The van der Waals surface area contributed by atoms with Gasteiger partial charge in [-0.3, -0.25) is 9.59 Å². The molecule has 0 aliphatic heterocycles. The van der Waals surface area contributed by atoms with Gasteiger partial charge in [-0.05, 0) is 30.1 Å². The summed E-state index contributed by atoms with van der Waals surface area (Å²) in [6.45, 7) is 0. The molecule has 0 aromatic carbocycles. The molecule has 18 heavy (non-hydrogen) atoms. The number of allylic oxidation sites excluding steroid dienone is 7. The number of carbonyl (C=O) groups is 2. The smallest absolute Gasteiger partial charge is 0.220 e. The van der Waals surface area contributed by atoms with E-state index >= 15 is 0 Å². The Bertz CT molecular complexity index is 575. The maximum Gasteiger partial charge on any atom is 0.220 e. The Balaban J connectivity index is 2.11. The molecule has 0 radical (unpaired) electrons. The fourth-order valence-corrected chi connectivity index (χ4v) is 2.85. The van der Waals surface area contributed by atoms with Crippen LogP contribution in [0.4, 0.5) is 0 Å². The lowest BCUT2D eigenvalue weighted by Crippen LogP contribution is -2.30. The first kappa shape index (κ1) is 11.0. The maximum absolute atomic E-state index is 11.6. The van der Waals surface area contributed by atoms with Crippen LogP contribution in [0.3, 0.4) is 0 Å². The Labute approximate surface area is 104 Å². The van der Waals surface area contributed by atoms with E-state index in [1.54, 1.807) is 6.08 Å². The van der Waals surface area contributed by atoms with Gasteiger partial charge in [0.05, 0.1) is 0 Å². The van der Waals surface area contributed by atoms with Crippen molar-refractivity contribution < 1.29 is 19.8 Å². The summed E-state index contributed by atoms with van der Waals surface area (Å²) in [4.78, 5) is 23.1. The molecule has 92 valence electrons. The number of hydrogen-bond donors (Lipinski definition) is 2. The molecule has 0 fully saturated rings. The molecule has 2 unspecified atom stereocenters. The van der Waals surface area contributed by atoms with E-state index in [-0.39, 0.29) is 35.6 Å². The molecular weight excluding hydrogens is 232 g/mol. The quantitative estimate of drug-likeness (QED) is 0.682. The van der Waals surface area contributed by atoms with Gasteiger partial charge in [0.25, 0.3) is 0 Å². The van der Waals surface area contributed by atoms with Crippen LogP contribution in [0.5, 0.6) is 0 Å². The van der Waals surface area contributed by atoms with E-state index in [4.69, 9.17) is 0 Å². The van der Waals surface area contributed by atoms with Crippen LogP contribution in [0.15, 0.2) is 47.0 Å². The van der Waals surface area contributed by atoms with E-state index in [0.29, 0.717) is 12.0 Å². The Kier molecular flexibility index (Phi) is 2.26. The second-order valence-electron chi connectivity index (χ2n) is 4.80. The van der Waals surface area contributed by atoms with Crippen molar-refractivity contribution in [3.63, 3.8) is 0 Å². The predicted molar refractivity (Wildman–Crippen MR) is 63.8 cm³/mol. The molecule has 0 heterocycles. The van der Waals surface area contributed by atoms with Gasteiger partial charge in [0.2, 0.25) is 5.78 Å². The molecule has 2 atom stereocenters. The summed E-state index contributed by atoms with van der Waals surface area (Å²) >= 11 is 0. The molecule has 0 saturated carbocycles. The minimum absolute atomic E-state index is 0.0251. The van der Waals surface area contributed by atoms with Gasteiger partial charge >= 0.3 is 0 Å². The molecule has 3 rings (SSSR count). The zero-order valence-electron chi connectivity index (χ0n) is 9.59. The van der Waals surface area contributed by atoms with Crippen molar-refractivity contribution in [1.82, 2.24) is 0 Å². The Morgan fingerprint density at radius 2 is 1.94 bits per heavy atom. The number of aliphatic hydroxyl groups is 2. The third kappa shape index (κ3) is 1.45. The molecular formula is C14H12O4. The van der Waals surface area contributed by atoms with Crippen LogP contribution in [-0.2, 0) is 9.59 Å². The van der Waals surface area contributed by atoms with E-state index in [0.717, 1.165) is 5.57 Å². The van der Waals surface area contributed by atoms with Gasteiger partial charge < -0.3 is 10.2 Å². The normalized spacial score (nSPS) is 30.7. The fourth-order valence-electron chi connectivity index (χ4n) is 2.85. The lowest BCUT2D eigenvalue weighted by Gasteiger charge is -2.34. The largest absolute Gasteiger partial charge is 0.505 e. The zero-order valence-corrected chi connectivity index (χ0v) is 9.59. The number of carbonyl (C=O) groups excluding carboxylic acids is 2. The molecule has 4 nitrogen and oxygen atoms in total. The lowest BCUT2D eigenvalue weighted by atomic mass is 9.69. The summed E-state index contributed by atoms with van der Waals surface area (Å²) in [5, 5.41) is 19.4. The van der Waals surface area contributed by atoms with E-state index < -0.39 is 5.78 Å². The second kappa shape index (κ2) is 3.70. The molecule has 0 aromatic rings. The van der Waals surface area contributed by atoms with E-state index in [2.05, 4.69) is 0 Å². The van der Waals surface area contributed by atoms with Gasteiger partial charge in [0.1, 0.15) is 0 Å². The summed E-state index contributed by atoms with van der Waals surface area (Å²) in [7, 11) is 0. The highest BCUT2D eigenvalue weighted by molar-refractivity contribution is 6.05. The molecule has 2 N–H and O–H groups in total. The van der Waals surface area contributed by atoms with Crippen molar-refractivity contribution >= 4 is 11.6 Å². The molecule has 0 spiro atoms. The van der Waals surface area contributed by atoms with Crippen molar-refractivity contribution in [2.45, 2.75) is 12.8 Å². The van der Waals surface area contributed by atoms with Gasteiger partial charge in [-0.2, -0.15) is 0 Å². The lowest BCUT2D eigenvalue weighted by molar-refractivity contribution is -0.120. The third-order valence-corrected chi connectivity index (χ3v) is 3.77. The summed E-state index contributed by atoms with van der Waals surface area (Å²) < 4.78 is 0. The molecule has 0 saturated heterocycles. The third-order valence-electron chi connectivity index (χ3n) is 3.77. The number of Topliss-reactive ketones (excluding diaryl/α,β-unsaturated/α-hetero) is 1. The van der Waals surface area contributed by atoms with Crippen molar-refractivity contribution in [3.8, 4) is 0 Å². The standard InChI is InChI=1S/C14H12O4/c15-10-4-3-7-1-2-8-5-11(16)12(17)6-9(8)13(7)14(10)18/h1,3-5,8-9,16,18H,2,6H2. The van der Waals surface area contributed by atoms with Crippen LogP contribution in [0, 0.1) is 11.8 Å². The summed E-state index contributed by atoms with van der Waals surface area (Å²) in [6.07, 6.45) is 7.32. The summed E-state index contributed by atoms with van der Waals surface area (Å²) in [5.41, 5.74) is 1.37. The number of ketones is 2. The van der Waals surface area contributed by atoms with Crippen LogP contribution in [0.2, 0.25) is 0 Å². The number of aliphatic hydroxyl groups excluding tert-OH is 2. The monoisotopic (exact) mass is 244 g/mol. The molecule has 0 amide bonds. The average Bonchev–Trinajstić information content (AvgIpc) is 2.35. The summed E-state index contributed by atoms with van der Waals surface area (Å²) in [6, 6.07) is 0. The van der Waals surface area contributed by atoms with E-state index in [1.807, 2.05) is 6.08 Å². The fraction of sp³-hybridized carbons (Fsp3) is 0.286. The first-order chi connectivity index (χ1) is 8.58. The minimum Gasteiger partial charge on any atom is -0.505 e. The van der Waals surface area contributed by atoms with Crippen LogP contribution in [0.1, 0.15) is 12.8 Å². The van der Waals surface area contributed by atoms with Crippen molar-refractivity contribution in [2.75, 3.05) is 0 Å². The highest BCUT2D eigenvalue weighted by Gasteiger charge is 2.38. The van der Waals surface area contributed by atoms with Crippen LogP contribution in [0.25, 0.3) is 0 Å².